The second kappa shape index (κ2) is 10.1. The fourth-order valence-corrected chi connectivity index (χ4v) is 4.03. The summed E-state index contributed by atoms with van der Waals surface area (Å²) in [5.41, 5.74) is 6.03. The third-order valence-corrected chi connectivity index (χ3v) is 5.93. The van der Waals surface area contributed by atoms with Crippen LogP contribution in [0.2, 0.25) is 0 Å². The van der Waals surface area contributed by atoms with Crippen molar-refractivity contribution in [3.05, 3.63) is 35.6 Å². The van der Waals surface area contributed by atoms with E-state index in [-0.39, 0.29) is 42.4 Å². The molecule has 1 aromatic carbocycles. The standard InChI is InChI=1S/C24H35FN4O4/c1-15-14-29(23(31)32-24(3,4)5)16(2)13-28(15)20(17-8-10-19(25)11-9-17)12-21(30)33-27-22(26)18-6-7-18/h8-11,15-16,18,20H,6-7,12-14H2,1-5H3,(H2,26,27)/t15-,16-,20?/m0/s1. The van der Waals surface area contributed by atoms with Crippen LogP contribution >= 0.6 is 0 Å². The maximum Gasteiger partial charge on any atom is 0.410 e. The van der Waals surface area contributed by atoms with Crippen molar-refractivity contribution in [3.8, 4) is 0 Å². The summed E-state index contributed by atoms with van der Waals surface area (Å²) in [6.45, 7) is 10.4. The van der Waals surface area contributed by atoms with Gasteiger partial charge in [-0.05, 0) is 65.2 Å². The lowest BCUT2D eigenvalue weighted by atomic mass is 9.97. The van der Waals surface area contributed by atoms with Crippen LogP contribution in [0.4, 0.5) is 9.18 Å². The number of piperazine rings is 1. The summed E-state index contributed by atoms with van der Waals surface area (Å²) in [5.74, 6) is -0.317. The molecular formula is C24H35FN4O4. The Balaban J connectivity index is 1.75. The number of ether oxygens (including phenoxy) is 1. The van der Waals surface area contributed by atoms with Gasteiger partial charge in [0.25, 0.3) is 0 Å². The largest absolute Gasteiger partial charge is 0.444 e. The third-order valence-electron chi connectivity index (χ3n) is 5.93. The molecule has 33 heavy (non-hydrogen) atoms. The summed E-state index contributed by atoms with van der Waals surface area (Å²) in [6, 6.07) is 5.52. The van der Waals surface area contributed by atoms with E-state index in [0.717, 1.165) is 18.4 Å². The number of halogens is 1. The van der Waals surface area contributed by atoms with E-state index in [1.807, 2.05) is 34.6 Å². The number of oxime groups is 1. The highest BCUT2D eigenvalue weighted by atomic mass is 19.1. The van der Waals surface area contributed by atoms with Gasteiger partial charge in [-0.1, -0.05) is 17.3 Å². The molecule has 1 aliphatic heterocycles. The van der Waals surface area contributed by atoms with Crippen LogP contribution in [0.25, 0.3) is 0 Å². The Labute approximate surface area is 194 Å². The van der Waals surface area contributed by atoms with Crippen LogP contribution in [0, 0.1) is 11.7 Å². The molecule has 182 valence electrons. The quantitative estimate of drug-likeness (QED) is 0.299. The van der Waals surface area contributed by atoms with Gasteiger partial charge in [0.05, 0.1) is 6.42 Å². The number of rotatable bonds is 6. The molecule has 2 N–H and O–H groups in total. The molecule has 3 atom stereocenters. The highest BCUT2D eigenvalue weighted by Crippen LogP contribution is 2.32. The summed E-state index contributed by atoms with van der Waals surface area (Å²) >= 11 is 0. The highest BCUT2D eigenvalue weighted by Gasteiger charge is 2.38. The topological polar surface area (TPSA) is 97.5 Å². The Hall–Kier alpha value is -2.68. The van der Waals surface area contributed by atoms with Gasteiger partial charge in [-0.25, -0.2) is 14.0 Å². The molecule has 1 heterocycles. The van der Waals surface area contributed by atoms with Crippen molar-refractivity contribution < 1.29 is 23.6 Å². The molecule has 2 fully saturated rings. The van der Waals surface area contributed by atoms with E-state index in [2.05, 4.69) is 10.1 Å². The van der Waals surface area contributed by atoms with Crippen LogP contribution in [0.3, 0.4) is 0 Å². The van der Waals surface area contributed by atoms with Crippen LogP contribution < -0.4 is 5.73 Å². The van der Waals surface area contributed by atoms with Gasteiger partial charge in [-0.15, -0.1) is 0 Å². The molecule has 0 spiro atoms. The molecule has 0 bridgehead atoms. The zero-order valence-electron chi connectivity index (χ0n) is 20.1. The monoisotopic (exact) mass is 462 g/mol. The fraction of sp³-hybridized carbons (Fsp3) is 0.625. The normalized spacial score (nSPS) is 23.2. The van der Waals surface area contributed by atoms with Crippen LogP contribution in [-0.2, 0) is 14.4 Å². The van der Waals surface area contributed by atoms with Gasteiger partial charge in [0.2, 0.25) is 0 Å². The van der Waals surface area contributed by atoms with Crippen molar-refractivity contribution in [1.29, 1.82) is 0 Å². The van der Waals surface area contributed by atoms with Gasteiger partial charge in [0.15, 0.2) is 0 Å². The molecule has 1 amide bonds. The first-order valence-electron chi connectivity index (χ1n) is 11.5. The zero-order chi connectivity index (χ0) is 24.3. The van der Waals surface area contributed by atoms with Crippen LogP contribution in [-0.4, -0.2) is 58.5 Å². The minimum absolute atomic E-state index is 0.0244. The lowest BCUT2D eigenvalue weighted by molar-refractivity contribution is -0.146. The summed E-state index contributed by atoms with van der Waals surface area (Å²) < 4.78 is 19.1. The summed E-state index contributed by atoms with van der Waals surface area (Å²) in [5, 5.41) is 3.79. The number of hydrogen-bond acceptors (Lipinski definition) is 6. The molecule has 1 saturated carbocycles. The lowest BCUT2D eigenvalue weighted by Gasteiger charge is -2.47. The van der Waals surface area contributed by atoms with E-state index in [9.17, 15) is 14.0 Å². The molecule has 3 rings (SSSR count). The molecule has 1 saturated heterocycles. The molecule has 1 unspecified atom stereocenters. The van der Waals surface area contributed by atoms with Gasteiger partial charge in [-0.2, -0.15) is 0 Å². The zero-order valence-corrected chi connectivity index (χ0v) is 20.1. The van der Waals surface area contributed by atoms with Crippen molar-refractivity contribution in [2.45, 2.75) is 77.6 Å². The predicted octanol–water partition coefficient (Wildman–Crippen LogP) is 3.81. The predicted molar refractivity (Wildman–Crippen MR) is 123 cm³/mol. The average Bonchev–Trinajstić information content (AvgIpc) is 3.57. The number of carbonyl (C=O) groups excluding carboxylic acids is 2. The molecule has 9 heteroatoms. The van der Waals surface area contributed by atoms with Crippen molar-refractivity contribution in [1.82, 2.24) is 9.80 Å². The van der Waals surface area contributed by atoms with Gasteiger partial charge in [0, 0.05) is 37.1 Å². The number of carbonyl (C=O) groups is 2. The van der Waals surface area contributed by atoms with Crippen molar-refractivity contribution >= 4 is 17.9 Å². The van der Waals surface area contributed by atoms with Gasteiger partial charge in [-0.3, -0.25) is 4.90 Å². The van der Waals surface area contributed by atoms with Gasteiger partial charge >= 0.3 is 12.1 Å². The smallest absolute Gasteiger partial charge is 0.410 e. The molecule has 0 aromatic heterocycles. The Bertz CT molecular complexity index is 879. The van der Waals surface area contributed by atoms with Gasteiger partial charge < -0.3 is 20.2 Å². The summed E-state index contributed by atoms with van der Waals surface area (Å²) in [4.78, 5) is 34.3. The molecule has 1 aliphatic carbocycles. The first-order chi connectivity index (χ1) is 15.4. The first kappa shape index (κ1) is 25.0. The van der Waals surface area contributed by atoms with Crippen molar-refractivity contribution in [3.63, 3.8) is 0 Å². The third kappa shape index (κ3) is 6.90. The first-order valence-corrected chi connectivity index (χ1v) is 11.5. The van der Waals surface area contributed by atoms with Crippen molar-refractivity contribution in [2.24, 2.45) is 16.8 Å². The highest BCUT2D eigenvalue weighted by molar-refractivity contribution is 5.85. The summed E-state index contributed by atoms with van der Waals surface area (Å²) in [6.07, 6.45) is 1.59. The maximum absolute atomic E-state index is 13.6. The van der Waals surface area contributed by atoms with Crippen LogP contribution in [0.15, 0.2) is 29.4 Å². The number of amides is 1. The van der Waals surface area contributed by atoms with Gasteiger partial charge in [0.1, 0.15) is 17.3 Å². The minimum Gasteiger partial charge on any atom is -0.444 e. The number of nitrogens with two attached hydrogens (primary N) is 1. The maximum atomic E-state index is 13.6. The Morgan fingerprint density at radius 2 is 1.79 bits per heavy atom. The second-order valence-corrected chi connectivity index (χ2v) is 10.1. The van der Waals surface area contributed by atoms with E-state index in [4.69, 9.17) is 15.3 Å². The number of benzene rings is 1. The van der Waals surface area contributed by atoms with Crippen LogP contribution in [0.1, 0.15) is 65.5 Å². The van der Waals surface area contributed by atoms with Crippen LogP contribution in [0.5, 0.6) is 0 Å². The second-order valence-electron chi connectivity index (χ2n) is 10.1. The fourth-order valence-electron chi connectivity index (χ4n) is 4.03. The number of nitrogens with zero attached hydrogens (tertiary/aromatic N) is 3. The Morgan fingerprint density at radius 3 is 2.36 bits per heavy atom. The van der Waals surface area contributed by atoms with E-state index in [1.54, 1.807) is 17.0 Å². The number of hydrogen-bond donors (Lipinski definition) is 1. The Kier molecular flexibility index (Phi) is 7.62. The molecule has 1 aromatic rings. The SMILES string of the molecule is C[C@H]1CN(C(CC(=O)O/N=C(/N)C2CC2)c2ccc(F)cc2)[C@@H](C)CN1C(=O)OC(C)(C)C. The molecule has 8 nitrogen and oxygen atoms in total. The number of amidine groups is 1. The molecular weight excluding hydrogens is 427 g/mol. The van der Waals surface area contributed by atoms with E-state index >= 15 is 0 Å². The van der Waals surface area contributed by atoms with Crippen molar-refractivity contribution in [2.75, 3.05) is 13.1 Å². The lowest BCUT2D eigenvalue weighted by Crippen LogP contribution is -2.59. The van der Waals surface area contributed by atoms with E-state index < -0.39 is 11.6 Å². The Morgan fingerprint density at radius 1 is 1.15 bits per heavy atom. The average molecular weight is 463 g/mol. The van der Waals surface area contributed by atoms with E-state index in [1.165, 1.54) is 12.1 Å². The summed E-state index contributed by atoms with van der Waals surface area (Å²) in [7, 11) is 0. The minimum atomic E-state index is -0.583. The molecule has 0 radical (unpaired) electrons. The molecule has 2 aliphatic rings. The van der Waals surface area contributed by atoms with E-state index in [0.29, 0.717) is 18.9 Å².